The van der Waals surface area contributed by atoms with Crippen molar-refractivity contribution in [3.05, 3.63) is 0 Å². The summed E-state index contributed by atoms with van der Waals surface area (Å²) in [5.74, 6) is -0.639. The fourth-order valence-electron chi connectivity index (χ4n) is 3.50. The lowest BCUT2D eigenvalue weighted by atomic mass is 9.85. The van der Waals surface area contributed by atoms with E-state index in [9.17, 15) is 9.90 Å². The van der Waals surface area contributed by atoms with Gasteiger partial charge in [0.05, 0.1) is 0 Å². The molecule has 0 aromatic rings. The molecule has 0 aromatic carbocycles. The number of nitrogens with zero attached hydrogens (tertiary/aromatic N) is 2. The number of carboxylic acid groups (broad SMARTS) is 1. The third-order valence-corrected chi connectivity index (χ3v) is 4.85. The van der Waals surface area contributed by atoms with E-state index in [0.717, 1.165) is 58.3 Å². The number of carboxylic acids is 1. The van der Waals surface area contributed by atoms with Crippen LogP contribution in [0, 0.1) is 0 Å². The monoisotopic (exact) mass is 254 g/mol. The van der Waals surface area contributed by atoms with Crippen LogP contribution < -0.4 is 0 Å². The molecule has 2 heterocycles. The summed E-state index contributed by atoms with van der Waals surface area (Å²) in [4.78, 5) is 16.3. The highest BCUT2D eigenvalue weighted by molar-refractivity contribution is 5.78. The third-order valence-electron chi connectivity index (χ3n) is 4.85. The standard InChI is InChI=1S/C14H26N2O2/c1-3-15-10-6-12(7-11-15)16-9-5-4-8-14(16,2)13(17)18/h12H,3-11H2,1-2H3,(H,17,18). The van der Waals surface area contributed by atoms with Crippen LogP contribution in [0.25, 0.3) is 0 Å². The molecule has 104 valence electrons. The Kier molecular flexibility index (Phi) is 4.28. The normalized spacial score (nSPS) is 32.6. The lowest BCUT2D eigenvalue weighted by Crippen LogP contribution is -2.60. The number of hydrogen-bond donors (Lipinski definition) is 1. The van der Waals surface area contributed by atoms with Crippen LogP contribution in [-0.4, -0.2) is 58.6 Å². The third kappa shape index (κ3) is 2.54. The second kappa shape index (κ2) is 5.57. The molecule has 18 heavy (non-hydrogen) atoms. The molecule has 2 fully saturated rings. The van der Waals surface area contributed by atoms with Gasteiger partial charge in [-0.2, -0.15) is 0 Å². The van der Waals surface area contributed by atoms with Gasteiger partial charge in [-0.05, 0) is 65.2 Å². The molecular weight excluding hydrogens is 228 g/mol. The Labute approximate surface area is 110 Å². The van der Waals surface area contributed by atoms with E-state index in [4.69, 9.17) is 0 Å². The van der Waals surface area contributed by atoms with Crippen LogP contribution in [-0.2, 0) is 4.79 Å². The SMILES string of the molecule is CCN1CCC(N2CCCCC2(C)C(=O)O)CC1. The summed E-state index contributed by atoms with van der Waals surface area (Å²) in [7, 11) is 0. The van der Waals surface area contributed by atoms with Crippen LogP contribution in [0.1, 0.15) is 46.0 Å². The van der Waals surface area contributed by atoms with Gasteiger partial charge in [0.1, 0.15) is 5.54 Å². The van der Waals surface area contributed by atoms with Crippen molar-refractivity contribution in [1.82, 2.24) is 9.80 Å². The second-order valence-electron chi connectivity index (χ2n) is 5.89. The van der Waals surface area contributed by atoms with Crippen molar-refractivity contribution in [3.8, 4) is 0 Å². The zero-order valence-electron chi connectivity index (χ0n) is 11.7. The van der Waals surface area contributed by atoms with Crippen molar-refractivity contribution in [2.75, 3.05) is 26.2 Å². The van der Waals surface area contributed by atoms with E-state index >= 15 is 0 Å². The van der Waals surface area contributed by atoms with E-state index in [1.54, 1.807) is 0 Å². The van der Waals surface area contributed by atoms with E-state index in [0.29, 0.717) is 6.04 Å². The van der Waals surface area contributed by atoms with Gasteiger partial charge < -0.3 is 10.0 Å². The highest BCUT2D eigenvalue weighted by Crippen LogP contribution is 2.33. The number of hydrogen-bond acceptors (Lipinski definition) is 3. The van der Waals surface area contributed by atoms with Gasteiger partial charge in [0.15, 0.2) is 0 Å². The molecule has 2 saturated heterocycles. The average molecular weight is 254 g/mol. The largest absolute Gasteiger partial charge is 0.480 e. The minimum absolute atomic E-state index is 0.467. The molecule has 0 amide bonds. The molecule has 1 N–H and O–H groups in total. The van der Waals surface area contributed by atoms with Gasteiger partial charge in [-0.1, -0.05) is 6.92 Å². The Morgan fingerprint density at radius 2 is 1.94 bits per heavy atom. The van der Waals surface area contributed by atoms with Gasteiger partial charge in [0.25, 0.3) is 0 Å². The first-order valence-corrected chi connectivity index (χ1v) is 7.30. The molecule has 2 aliphatic heterocycles. The summed E-state index contributed by atoms with van der Waals surface area (Å²) in [5.41, 5.74) is -0.628. The van der Waals surface area contributed by atoms with Gasteiger partial charge in [-0.15, -0.1) is 0 Å². The van der Waals surface area contributed by atoms with Gasteiger partial charge >= 0.3 is 5.97 Å². The zero-order chi connectivity index (χ0) is 13.2. The topological polar surface area (TPSA) is 43.8 Å². The number of rotatable bonds is 3. The fourth-order valence-corrected chi connectivity index (χ4v) is 3.50. The molecule has 0 saturated carbocycles. The van der Waals surface area contributed by atoms with Crippen molar-refractivity contribution in [1.29, 1.82) is 0 Å². The van der Waals surface area contributed by atoms with Gasteiger partial charge in [-0.3, -0.25) is 9.69 Å². The Hall–Kier alpha value is -0.610. The van der Waals surface area contributed by atoms with Crippen LogP contribution in [0.15, 0.2) is 0 Å². The Balaban J connectivity index is 2.04. The quantitative estimate of drug-likeness (QED) is 0.834. The van der Waals surface area contributed by atoms with Gasteiger partial charge in [-0.25, -0.2) is 0 Å². The first kappa shape index (κ1) is 13.8. The lowest BCUT2D eigenvalue weighted by molar-refractivity contribution is -0.156. The predicted molar refractivity (Wildman–Crippen MR) is 71.7 cm³/mol. The molecule has 0 bridgehead atoms. The predicted octanol–water partition coefficient (Wildman–Crippen LogP) is 1.80. The fraction of sp³-hybridized carbons (Fsp3) is 0.929. The smallest absolute Gasteiger partial charge is 0.323 e. The molecule has 2 rings (SSSR count). The Morgan fingerprint density at radius 3 is 2.50 bits per heavy atom. The van der Waals surface area contributed by atoms with Gasteiger partial charge in [0, 0.05) is 6.04 Å². The molecular formula is C14H26N2O2. The average Bonchev–Trinajstić information content (AvgIpc) is 2.39. The molecule has 0 aromatic heterocycles. The van der Waals surface area contributed by atoms with Crippen LogP contribution in [0.2, 0.25) is 0 Å². The summed E-state index contributed by atoms with van der Waals surface area (Å²) >= 11 is 0. The van der Waals surface area contributed by atoms with E-state index in [1.165, 1.54) is 0 Å². The van der Waals surface area contributed by atoms with Crippen LogP contribution in [0.5, 0.6) is 0 Å². The number of piperidine rings is 2. The summed E-state index contributed by atoms with van der Waals surface area (Å²) in [6.07, 6.45) is 5.24. The highest BCUT2D eigenvalue weighted by Gasteiger charge is 2.44. The van der Waals surface area contributed by atoms with Crippen LogP contribution in [0.4, 0.5) is 0 Å². The molecule has 4 heteroatoms. The van der Waals surface area contributed by atoms with Crippen molar-refractivity contribution in [2.24, 2.45) is 0 Å². The van der Waals surface area contributed by atoms with Gasteiger partial charge in [0.2, 0.25) is 0 Å². The molecule has 1 unspecified atom stereocenters. The number of carbonyl (C=O) groups is 1. The first-order valence-electron chi connectivity index (χ1n) is 7.30. The molecule has 0 radical (unpaired) electrons. The van der Waals surface area contributed by atoms with Crippen molar-refractivity contribution in [3.63, 3.8) is 0 Å². The number of aliphatic carboxylic acids is 1. The van der Waals surface area contributed by atoms with Crippen LogP contribution >= 0.6 is 0 Å². The van der Waals surface area contributed by atoms with E-state index < -0.39 is 11.5 Å². The van der Waals surface area contributed by atoms with Crippen molar-refractivity contribution in [2.45, 2.75) is 57.5 Å². The molecule has 0 spiro atoms. The van der Waals surface area contributed by atoms with E-state index in [2.05, 4.69) is 16.7 Å². The second-order valence-corrected chi connectivity index (χ2v) is 5.89. The molecule has 2 aliphatic rings. The van der Waals surface area contributed by atoms with E-state index in [1.807, 2.05) is 6.92 Å². The summed E-state index contributed by atoms with van der Waals surface area (Å²) < 4.78 is 0. The molecule has 4 nitrogen and oxygen atoms in total. The Bertz CT molecular complexity index is 300. The lowest BCUT2D eigenvalue weighted by Gasteiger charge is -2.48. The zero-order valence-corrected chi connectivity index (χ0v) is 11.7. The van der Waals surface area contributed by atoms with Crippen molar-refractivity contribution < 1.29 is 9.90 Å². The minimum Gasteiger partial charge on any atom is -0.480 e. The maximum absolute atomic E-state index is 11.6. The molecule has 1 atom stereocenters. The maximum Gasteiger partial charge on any atom is 0.323 e. The summed E-state index contributed by atoms with van der Waals surface area (Å²) in [6.45, 7) is 8.42. The Morgan fingerprint density at radius 1 is 1.28 bits per heavy atom. The summed E-state index contributed by atoms with van der Waals surface area (Å²) in [6, 6.07) is 0.467. The summed E-state index contributed by atoms with van der Waals surface area (Å²) in [5, 5.41) is 9.54. The van der Waals surface area contributed by atoms with Crippen LogP contribution in [0.3, 0.4) is 0 Å². The highest BCUT2D eigenvalue weighted by atomic mass is 16.4. The number of likely N-dealkylation sites (tertiary alicyclic amines) is 2. The van der Waals surface area contributed by atoms with Crippen molar-refractivity contribution >= 4 is 5.97 Å². The van der Waals surface area contributed by atoms with E-state index in [-0.39, 0.29) is 0 Å². The maximum atomic E-state index is 11.6. The minimum atomic E-state index is -0.639. The first-order chi connectivity index (χ1) is 8.58. The molecule has 0 aliphatic carbocycles.